The number of rotatable bonds is 5. The highest BCUT2D eigenvalue weighted by Crippen LogP contribution is 2.39. The van der Waals surface area contributed by atoms with E-state index in [9.17, 15) is 0 Å². The van der Waals surface area contributed by atoms with Gasteiger partial charge in [0.15, 0.2) is 11.5 Å². The van der Waals surface area contributed by atoms with Crippen molar-refractivity contribution in [2.75, 3.05) is 31.7 Å². The van der Waals surface area contributed by atoms with E-state index in [0.717, 1.165) is 46.0 Å². The topological polar surface area (TPSA) is 92.6 Å². The van der Waals surface area contributed by atoms with Crippen molar-refractivity contribution in [1.29, 1.82) is 0 Å². The molecule has 5 heterocycles. The van der Waals surface area contributed by atoms with Crippen LogP contribution in [0.5, 0.6) is 17.4 Å². The van der Waals surface area contributed by atoms with Gasteiger partial charge in [-0.3, -0.25) is 0 Å². The number of aryl methyl sites for hydroxylation is 1. The zero-order valence-electron chi connectivity index (χ0n) is 18.1. The highest BCUT2D eigenvalue weighted by atomic mass is 32.1. The van der Waals surface area contributed by atoms with E-state index in [1.807, 2.05) is 48.0 Å². The summed E-state index contributed by atoms with van der Waals surface area (Å²) in [6.07, 6.45) is 3.63. The first kappa shape index (κ1) is 20.3. The van der Waals surface area contributed by atoms with Gasteiger partial charge in [-0.25, -0.2) is 4.98 Å². The van der Waals surface area contributed by atoms with E-state index >= 15 is 0 Å². The fraction of sp³-hybridized carbons (Fsp3) is 0.348. The van der Waals surface area contributed by atoms with Gasteiger partial charge in [-0.1, -0.05) is 6.07 Å². The van der Waals surface area contributed by atoms with E-state index in [2.05, 4.69) is 9.69 Å². The molecule has 1 saturated heterocycles. The summed E-state index contributed by atoms with van der Waals surface area (Å²) in [7, 11) is 0. The van der Waals surface area contributed by atoms with Crippen LogP contribution in [0.15, 0.2) is 36.5 Å². The summed E-state index contributed by atoms with van der Waals surface area (Å²) in [6, 6.07) is 9.79. The second kappa shape index (κ2) is 8.53. The summed E-state index contributed by atoms with van der Waals surface area (Å²) in [5.41, 5.74) is 3.37. The van der Waals surface area contributed by atoms with Gasteiger partial charge in [0.1, 0.15) is 29.8 Å². The Balaban J connectivity index is 0.00000241. The largest absolute Gasteiger partial charge is 0.486 e. The molecule has 4 aromatic rings. The Morgan fingerprint density at radius 3 is 2.85 bits per heavy atom. The van der Waals surface area contributed by atoms with Crippen LogP contribution in [0, 0.1) is 6.92 Å². The number of benzene rings is 1. The Bertz CT molecular complexity index is 1300. The van der Waals surface area contributed by atoms with Crippen molar-refractivity contribution in [2.45, 2.75) is 25.9 Å². The van der Waals surface area contributed by atoms with E-state index in [1.54, 1.807) is 0 Å². The lowest BCUT2D eigenvalue weighted by atomic mass is 10.1. The van der Waals surface area contributed by atoms with Crippen molar-refractivity contribution in [1.82, 2.24) is 18.9 Å². The number of fused-ring (bicyclic) bond motifs is 2. The lowest BCUT2D eigenvalue weighted by Gasteiger charge is -2.24. The first-order valence-corrected chi connectivity index (χ1v) is 11.7. The van der Waals surface area contributed by atoms with Gasteiger partial charge in [0.05, 0.1) is 30.1 Å². The lowest BCUT2D eigenvalue weighted by molar-refractivity contribution is 0.0243. The maximum Gasteiger partial charge on any atom is 0.244 e. The van der Waals surface area contributed by atoms with Crippen LogP contribution >= 0.6 is 11.5 Å². The van der Waals surface area contributed by atoms with Crippen LogP contribution in [-0.4, -0.2) is 51.4 Å². The fourth-order valence-electron chi connectivity index (χ4n) is 4.08. The molecule has 0 bridgehead atoms. The summed E-state index contributed by atoms with van der Waals surface area (Å²) < 4.78 is 30.0. The van der Waals surface area contributed by atoms with E-state index < -0.39 is 0 Å². The smallest absolute Gasteiger partial charge is 0.244 e. The molecule has 2 aliphatic heterocycles. The third-order valence-electron chi connectivity index (χ3n) is 5.62. The summed E-state index contributed by atoms with van der Waals surface area (Å²) in [6.45, 7) is 4.37. The zero-order valence-corrected chi connectivity index (χ0v) is 18.9. The number of para-hydroxylation sites is 1. The minimum absolute atomic E-state index is 0. The molecule has 0 radical (unpaired) electrons. The monoisotopic (exact) mass is 467 g/mol. The second-order valence-electron chi connectivity index (χ2n) is 7.96. The minimum atomic E-state index is 0. The van der Waals surface area contributed by atoms with Gasteiger partial charge in [-0.15, -0.1) is 0 Å². The van der Waals surface area contributed by atoms with Crippen LogP contribution in [0.25, 0.3) is 16.7 Å². The molecular formula is C23H25N5O4S. The normalized spacial score (nSPS) is 16.2. The summed E-state index contributed by atoms with van der Waals surface area (Å²) in [4.78, 5) is 9.52. The van der Waals surface area contributed by atoms with Gasteiger partial charge in [0, 0.05) is 20.5 Å². The molecule has 0 aliphatic carbocycles. The van der Waals surface area contributed by atoms with Crippen molar-refractivity contribution >= 4 is 33.5 Å². The standard InChI is InChI=1S/C23H23N5O4S.H2/c1-14-13-19(33-27-14)25-23-24-16-5-8-28(17-3-2-4-18-21(17)31-12-11-30-18)20(16)22(26-23)32-15-6-9-29-10-7-15;/h2-5,8,13,15H,6-7,9-12H2,1H3,(H,24,25,26);1H. The Labute approximate surface area is 195 Å². The Morgan fingerprint density at radius 2 is 2.00 bits per heavy atom. The zero-order chi connectivity index (χ0) is 22.2. The first-order valence-electron chi connectivity index (χ1n) is 11.0. The second-order valence-corrected chi connectivity index (χ2v) is 8.77. The van der Waals surface area contributed by atoms with Crippen molar-refractivity contribution in [2.24, 2.45) is 0 Å². The molecule has 0 saturated carbocycles. The number of hydrogen-bond donors (Lipinski definition) is 1. The summed E-state index contributed by atoms with van der Waals surface area (Å²) in [5, 5.41) is 4.15. The number of hydrogen-bond acceptors (Lipinski definition) is 9. The van der Waals surface area contributed by atoms with Crippen LogP contribution in [0.4, 0.5) is 10.9 Å². The average Bonchev–Trinajstić information content (AvgIpc) is 3.45. The van der Waals surface area contributed by atoms with Gasteiger partial charge in [-0.2, -0.15) is 9.36 Å². The molecule has 0 atom stereocenters. The molecule has 1 fully saturated rings. The Morgan fingerprint density at radius 1 is 1.12 bits per heavy atom. The molecule has 10 heteroatoms. The SMILES string of the molecule is Cc1cc(Nc2nc(OC3CCOCC3)c3c(ccn3-c3cccc4c3OCCO4)n2)sn1.[HH]. The highest BCUT2D eigenvalue weighted by molar-refractivity contribution is 7.10. The average molecular weight is 468 g/mol. The van der Waals surface area contributed by atoms with Crippen molar-refractivity contribution in [3.63, 3.8) is 0 Å². The van der Waals surface area contributed by atoms with E-state index in [0.29, 0.717) is 44.0 Å². The number of aromatic nitrogens is 4. The van der Waals surface area contributed by atoms with Crippen LogP contribution in [-0.2, 0) is 4.74 Å². The molecular weight excluding hydrogens is 442 g/mol. The molecule has 33 heavy (non-hydrogen) atoms. The van der Waals surface area contributed by atoms with E-state index in [1.165, 1.54) is 11.5 Å². The number of nitrogens with zero attached hydrogens (tertiary/aromatic N) is 4. The van der Waals surface area contributed by atoms with Crippen LogP contribution < -0.4 is 19.5 Å². The molecule has 172 valence electrons. The maximum absolute atomic E-state index is 6.44. The van der Waals surface area contributed by atoms with Gasteiger partial charge in [-0.05, 0) is 42.7 Å². The van der Waals surface area contributed by atoms with E-state index in [-0.39, 0.29) is 7.53 Å². The lowest BCUT2D eigenvalue weighted by Crippen LogP contribution is -2.26. The molecule has 0 spiro atoms. The number of nitrogens with one attached hydrogen (secondary N) is 1. The van der Waals surface area contributed by atoms with Gasteiger partial charge >= 0.3 is 0 Å². The van der Waals surface area contributed by atoms with Gasteiger partial charge < -0.3 is 28.8 Å². The third-order valence-corrected chi connectivity index (χ3v) is 6.41. The molecule has 9 nitrogen and oxygen atoms in total. The molecule has 0 unspecified atom stereocenters. The van der Waals surface area contributed by atoms with Gasteiger partial charge in [0.25, 0.3) is 0 Å². The van der Waals surface area contributed by atoms with Crippen LogP contribution in [0.2, 0.25) is 0 Å². The molecule has 1 aromatic carbocycles. The van der Waals surface area contributed by atoms with Crippen LogP contribution in [0.3, 0.4) is 0 Å². The number of ether oxygens (including phenoxy) is 4. The third kappa shape index (κ3) is 3.96. The molecule has 3 aromatic heterocycles. The predicted octanol–water partition coefficient (Wildman–Crippen LogP) is 4.50. The molecule has 1 N–H and O–H groups in total. The van der Waals surface area contributed by atoms with Crippen molar-refractivity contribution in [3.8, 4) is 23.1 Å². The number of anilines is 2. The molecule has 0 amide bonds. The van der Waals surface area contributed by atoms with Crippen molar-refractivity contribution < 1.29 is 20.4 Å². The Hall–Kier alpha value is -3.37. The summed E-state index contributed by atoms with van der Waals surface area (Å²) >= 11 is 1.37. The molecule has 2 aliphatic rings. The molecule has 6 rings (SSSR count). The maximum atomic E-state index is 6.44. The minimum Gasteiger partial charge on any atom is -0.486 e. The Kier molecular flexibility index (Phi) is 5.23. The van der Waals surface area contributed by atoms with Gasteiger partial charge in [0.2, 0.25) is 11.8 Å². The predicted molar refractivity (Wildman–Crippen MR) is 127 cm³/mol. The fourth-order valence-corrected chi connectivity index (χ4v) is 4.74. The van der Waals surface area contributed by atoms with Crippen LogP contribution in [0.1, 0.15) is 20.0 Å². The highest BCUT2D eigenvalue weighted by Gasteiger charge is 2.24. The van der Waals surface area contributed by atoms with Crippen molar-refractivity contribution in [3.05, 3.63) is 42.2 Å². The first-order chi connectivity index (χ1) is 16.2. The van der Waals surface area contributed by atoms with E-state index in [4.69, 9.17) is 28.9 Å². The quantitative estimate of drug-likeness (QED) is 0.459. The summed E-state index contributed by atoms with van der Waals surface area (Å²) in [5.74, 6) is 2.43.